The van der Waals surface area contributed by atoms with Crippen molar-refractivity contribution in [1.82, 2.24) is 4.67 Å². The Morgan fingerprint density at radius 3 is 1.78 bits per heavy atom. The van der Waals surface area contributed by atoms with Crippen LogP contribution in [0, 0.1) is 0 Å². The van der Waals surface area contributed by atoms with Crippen LogP contribution in [0.15, 0.2) is 47.2 Å². The fourth-order valence-electron chi connectivity index (χ4n) is 1.68. The number of imide groups is 1. The lowest BCUT2D eigenvalue weighted by molar-refractivity contribution is -0.130. The Hall–Kier alpha value is -1.29. The minimum Gasteiger partial charge on any atom is -0.269 e. The van der Waals surface area contributed by atoms with Crippen molar-refractivity contribution in [3.05, 3.63) is 47.2 Å². The minimum atomic E-state index is -1.05. The van der Waals surface area contributed by atoms with Crippen molar-refractivity contribution in [1.29, 1.82) is 0 Å². The monoisotopic (exact) mass is 293 g/mol. The lowest BCUT2D eigenvalue weighted by Gasteiger charge is -2.23. The molecule has 0 aliphatic carbocycles. The Morgan fingerprint density at radius 1 is 0.889 bits per heavy atom. The second kappa shape index (κ2) is 4.76. The predicted octanol–water partition coefficient (Wildman–Crippen LogP) is 2.08. The highest BCUT2D eigenvalue weighted by atomic mass is 32.1. The van der Waals surface area contributed by atoms with Gasteiger partial charge in [-0.15, -0.1) is 22.7 Å². The lowest BCUT2D eigenvalue weighted by Crippen LogP contribution is -2.31. The zero-order valence-electron chi connectivity index (χ0n) is 9.15. The molecule has 90 valence electrons. The highest BCUT2D eigenvalue weighted by molar-refractivity contribution is 7.81. The number of rotatable bonds is 3. The highest BCUT2D eigenvalue weighted by Gasteiger charge is 2.34. The maximum absolute atomic E-state index is 11.9. The summed E-state index contributed by atoms with van der Waals surface area (Å²) in [5.74, 6) is -0.430. The third kappa shape index (κ3) is 1.94. The standard InChI is InChI=1S/C12H8NO2PS2/c14-9-5-6-10(15)13(9)16(11-3-1-7-17-11)12-4-2-8-18-12/h1-8H. The van der Waals surface area contributed by atoms with Gasteiger partial charge in [-0.2, -0.15) is 0 Å². The van der Waals surface area contributed by atoms with Crippen LogP contribution in [0.5, 0.6) is 0 Å². The Morgan fingerprint density at radius 2 is 1.39 bits per heavy atom. The quantitative estimate of drug-likeness (QED) is 0.642. The first kappa shape index (κ1) is 11.8. The summed E-state index contributed by atoms with van der Waals surface area (Å²) >= 11 is 3.16. The van der Waals surface area contributed by atoms with E-state index >= 15 is 0 Å². The lowest BCUT2D eigenvalue weighted by atomic mass is 10.6. The molecule has 0 N–H and O–H groups in total. The Bertz CT molecular complexity index is 552. The van der Waals surface area contributed by atoms with Crippen LogP contribution in [0.2, 0.25) is 0 Å². The van der Waals surface area contributed by atoms with Crippen LogP contribution in [0.3, 0.4) is 0 Å². The van der Waals surface area contributed by atoms with Gasteiger partial charge >= 0.3 is 0 Å². The Kier molecular flexibility index (Phi) is 3.12. The van der Waals surface area contributed by atoms with Crippen molar-refractivity contribution in [2.75, 3.05) is 0 Å². The molecule has 0 bridgehead atoms. The molecule has 0 unspecified atom stereocenters. The fraction of sp³-hybridized carbons (Fsp3) is 0. The van der Waals surface area contributed by atoms with Gasteiger partial charge in [-0.3, -0.25) is 9.59 Å². The molecule has 2 aromatic heterocycles. The molecule has 3 rings (SSSR count). The second-order valence-corrected chi connectivity index (χ2v) is 8.02. The van der Waals surface area contributed by atoms with Gasteiger partial charge in [-0.1, -0.05) is 12.1 Å². The summed E-state index contributed by atoms with van der Waals surface area (Å²) in [4.78, 5) is 23.7. The molecule has 3 nitrogen and oxygen atoms in total. The van der Waals surface area contributed by atoms with Crippen molar-refractivity contribution < 1.29 is 9.59 Å². The van der Waals surface area contributed by atoms with Gasteiger partial charge in [0.25, 0.3) is 11.8 Å². The molecule has 0 saturated heterocycles. The van der Waals surface area contributed by atoms with E-state index < -0.39 is 8.07 Å². The third-order valence-corrected chi connectivity index (χ3v) is 7.35. The van der Waals surface area contributed by atoms with Crippen molar-refractivity contribution in [3.8, 4) is 0 Å². The molecule has 0 atom stereocenters. The number of amides is 2. The van der Waals surface area contributed by atoms with E-state index in [0.29, 0.717) is 0 Å². The van der Waals surface area contributed by atoms with Gasteiger partial charge in [-0.25, -0.2) is 4.67 Å². The molecule has 6 heteroatoms. The van der Waals surface area contributed by atoms with Crippen molar-refractivity contribution in [2.24, 2.45) is 0 Å². The molecule has 1 aliphatic heterocycles. The van der Waals surface area contributed by atoms with Crippen molar-refractivity contribution in [3.63, 3.8) is 0 Å². The largest absolute Gasteiger partial charge is 0.269 e. The van der Waals surface area contributed by atoms with Crippen molar-refractivity contribution in [2.45, 2.75) is 0 Å². The smallest absolute Gasteiger partial charge is 0.257 e. The summed E-state index contributed by atoms with van der Waals surface area (Å²) in [7, 11) is -1.05. The van der Waals surface area contributed by atoms with Crippen LogP contribution in [-0.2, 0) is 9.59 Å². The molecule has 0 saturated carbocycles. The van der Waals surface area contributed by atoms with Gasteiger partial charge in [0, 0.05) is 12.2 Å². The molecule has 1 aliphatic rings. The number of hydrogen-bond acceptors (Lipinski definition) is 4. The van der Waals surface area contributed by atoms with Crippen molar-refractivity contribution >= 4 is 51.8 Å². The summed E-state index contributed by atoms with van der Waals surface area (Å²) in [6.07, 6.45) is 2.69. The number of carbonyl (C=O) groups excluding carboxylic acids is 2. The molecule has 2 aromatic rings. The minimum absolute atomic E-state index is 0.215. The van der Waals surface area contributed by atoms with Crippen LogP contribution in [0.1, 0.15) is 0 Å². The topological polar surface area (TPSA) is 37.4 Å². The van der Waals surface area contributed by atoms with E-state index in [1.54, 1.807) is 22.7 Å². The first-order valence-electron chi connectivity index (χ1n) is 5.20. The summed E-state index contributed by atoms with van der Waals surface area (Å²) in [5, 5.41) is 3.94. The average molecular weight is 293 g/mol. The van der Waals surface area contributed by atoms with Gasteiger partial charge in [0.1, 0.15) is 0 Å². The highest BCUT2D eigenvalue weighted by Crippen LogP contribution is 2.43. The van der Waals surface area contributed by atoms with E-state index in [0.717, 1.165) is 9.24 Å². The van der Waals surface area contributed by atoms with E-state index in [2.05, 4.69) is 0 Å². The molecule has 18 heavy (non-hydrogen) atoms. The summed E-state index contributed by atoms with van der Waals surface area (Å²) in [5.41, 5.74) is 0. The third-order valence-electron chi connectivity index (χ3n) is 2.42. The van der Waals surface area contributed by atoms with Crippen LogP contribution >= 0.6 is 30.7 Å². The van der Waals surface area contributed by atoms with Gasteiger partial charge in [0.15, 0.2) is 0 Å². The SMILES string of the molecule is O=C1C=CC(=O)N1P(c1cccs1)c1cccs1. The van der Waals surface area contributed by atoms with Gasteiger partial charge in [0.05, 0.1) is 17.3 Å². The van der Waals surface area contributed by atoms with Crippen LogP contribution < -0.4 is 9.24 Å². The second-order valence-electron chi connectivity index (χ2n) is 3.54. The van der Waals surface area contributed by atoms with E-state index in [9.17, 15) is 9.59 Å². The average Bonchev–Trinajstić information content (AvgIpc) is 3.07. The molecule has 0 spiro atoms. The molecule has 3 heterocycles. The maximum atomic E-state index is 11.9. The number of carbonyl (C=O) groups is 2. The van der Waals surface area contributed by atoms with Gasteiger partial charge in [-0.05, 0) is 22.9 Å². The zero-order chi connectivity index (χ0) is 12.5. The summed E-state index contributed by atoms with van der Waals surface area (Å²) in [6, 6.07) is 7.85. The number of thiophene rings is 2. The van der Waals surface area contributed by atoms with E-state index in [4.69, 9.17) is 0 Å². The van der Waals surface area contributed by atoms with Gasteiger partial charge < -0.3 is 0 Å². The first-order valence-corrected chi connectivity index (χ1v) is 8.26. The van der Waals surface area contributed by atoms with Gasteiger partial charge in [0.2, 0.25) is 0 Å². The van der Waals surface area contributed by atoms with Crippen LogP contribution in [0.4, 0.5) is 0 Å². The molecule has 0 fully saturated rings. The molecule has 2 amide bonds. The summed E-state index contributed by atoms with van der Waals surface area (Å²) in [6.45, 7) is 0. The number of nitrogens with zero attached hydrogens (tertiary/aromatic N) is 1. The van der Waals surface area contributed by atoms with Crippen LogP contribution in [-0.4, -0.2) is 16.5 Å². The van der Waals surface area contributed by atoms with E-state index in [-0.39, 0.29) is 11.8 Å². The summed E-state index contributed by atoms with van der Waals surface area (Å²) < 4.78 is 3.52. The molecular formula is C12H8NO2PS2. The molecular weight excluding hydrogens is 285 g/mol. The fourth-order valence-corrected chi connectivity index (χ4v) is 6.59. The Balaban J connectivity index is 2.06. The number of hydrogen-bond donors (Lipinski definition) is 0. The Labute approximate surface area is 113 Å². The zero-order valence-corrected chi connectivity index (χ0v) is 11.7. The normalized spacial score (nSPS) is 15.1. The maximum Gasteiger partial charge on any atom is 0.257 e. The molecule has 0 radical (unpaired) electrons. The molecule has 0 aromatic carbocycles. The van der Waals surface area contributed by atoms with Crippen LogP contribution in [0.25, 0.3) is 0 Å². The van der Waals surface area contributed by atoms with E-state index in [1.807, 2.05) is 35.0 Å². The first-order chi connectivity index (χ1) is 8.77. The predicted molar refractivity (Wildman–Crippen MR) is 75.8 cm³/mol. The van der Waals surface area contributed by atoms with E-state index in [1.165, 1.54) is 16.8 Å².